The van der Waals surface area contributed by atoms with Crippen LogP contribution >= 0.6 is 0 Å². The van der Waals surface area contributed by atoms with Gasteiger partial charge in [0.1, 0.15) is 0 Å². The second kappa shape index (κ2) is 9.05. The molecule has 1 heterocycles. The lowest BCUT2D eigenvalue weighted by atomic mass is 10.1. The van der Waals surface area contributed by atoms with Gasteiger partial charge in [0, 0.05) is 44.2 Å². The average molecular weight is 346 g/mol. The molecule has 0 saturated carbocycles. The number of nitrogens with zero attached hydrogens (tertiary/aromatic N) is 1. The fourth-order valence-corrected chi connectivity index (χ4v) is 2.49. The molecule has 7 heteroatoms. The van der Waals surface area contributed by atoms with Gasteiger partial charge in [-0.05, 0) is 31.0 Å². The Hall–Kier alpha value is -2.57. The highest BCUT2D eigenvalue weighted by molar-refractivity contribution is 5.94. The van der Waals surface area contributed by atoms with E-state index in [2.05, 4.69) is 16.0 Å². The van der Waals surface area contributed by atoms with Crippen molar-refractivity contribution in [2.45, 2.75) is 39.3 Å². The third-order valence-corrected chi connectivity index (χ3v) is 4.22. The van der Waals surface area contributed by atoms with E-state index in [1.165, 1.54) is 0 Å². The van der Waals surface area contributed by atoms with E-state index >= 15 is 0 Å². The molecular weight excluding hydrogens is 320 g/mol. The summed E-state index contributed by atoms with van der Waals surface area (Å²) in [6.07, 6.45) is 1.19. The molecule has 136 valence electrons. The van der Waals surface area contributed by atoms with Gasteiger partial charge in [0.2, 0.25) is 5.91 Å². The van der Waals surface area contributed by atoms with Gasteiger partial charge in [-0.1, -0.05) is 19.1 Å². The lowest BCUT2D eigenvalue weighted by Crippen LogP contribution is -2.41. The second-order valence-electron chi connectivity index (χ2n) is 6.23. The molecule has 0 radical (unpaired) electrons. The van der Waals surface area contributed by atoms with Crippen molar-refractivity contribution in [1.29, 1.82) is 0 Å². The highest BCUT2D eigenvalue weighted by atomic mass is 16.2. The zero-order chi connectivity index (χ0) is 18.2. The SMILES string of the molecule is CC[C@H](C)NC(=O)c1cccc(CNC(=O)N2CCNC(=O)CC2)c1. The smallest absolute Gasteiger partial charge is 0.317 e. The normalized spacial score (nSPS) is 15.8. The zero-order valence-electron chi connectivity index (χ0n) is 14.8. The molecule has 1 saturated heterocycles. The van der Waals surface area contributed by atoms with Crippen LogP contribution in [0.3, 0.4) is 0 Å². The summed E-state index contributed by atoms with van der Waals surface area (Å²) in [4.78, 5) is 37.4. The van der Waals surface area contributed by atoms with Gasteiger partial charge in [-0.15, -0.1) is 0 Å². The summed E-state index contributed by atoms with van der Waals surface area (Å²) < 4.78 is 0. The summed E-state index contributed by atoms with van der Waals surface area (Å²) in [5.41, 5.74) is 1.44. The Balaban J connectivity index is 1.90. The molecule has 0 spiro atoms. The largest absolute Gasteiger partial charge is 0.354 e. The summed E-state index contributed by atoms with van der Waals surface area (Å²) in [7, 11) is 0. The lowest BCUT2D eigenvalue weighted by Gasteiger charge is -2.20. The van der Waals surface area contributed by atoms with E-state index in [0.29, 0.717) is 38.2 Å². The van der Waals surface area contributed by atoms with Crippen LogP contribution in [-0.4, -0.2) is 48.4 Å². The van der Waals surface area contributed by atoms with Crippen LogP contribution < -0.4 is 16.0 Å². The van der Waals surface area contributed by atoms with Crippen molar-refractivity contribution in [2.75, 3.05) is 19.6 Å². The molecule has 1 aliphatic rings. The fourth-order valence-electron chi connectivity index (χ4n) is 2.49. The zero-order valence-corrected chi connectivity index (χ0v) is 14.8. The maximum atomic E-state index is 12.2. The molecule has 0 unspecified atom stereocenters. The van der Waals surface area contributed by atoms with Crippen LogP contribution in [0.4, 0.5) is 4.79 Å². The molecule has 1 aromatic carbocycles. The van der Waals surface area contributed by atoms with Gasteiger partial charge in [0.15, 0.2) is 0 Å². The molecule has 3 N–H and O–H groups in total. The van der Waals surface area contributed by atoms with Gasteiger partial charge < -0.3 is 20.9 Å². The van der Waals surface area contributed by atoms with Crippen LogP contribution in [0, 0.1) is 0 Å². The molecule has 1 fully saturated rings. The fraction of sp³-hybridized carbons (Fsp3) is 0.500. The first kappa shape index (κ1) is 18.8. The Bertz CT molecular complexity index is 633. The third-order valence-electron chi connectivity index (χ3n) is 4.22. The molecule has 7 nitrogen and oxygen atoms in total. The number of benzene rings is 1. The molecule has 2 rings (SSSR count). The Kier molecular flexibility index (Phi) is 6.80. The van der Waals surface area contributed by atoms with E-state index in [1.807, 2.05) is 26.0 Å². The highest BCUT2D eigenvalue weighted by Gasteiger charge is 2.18. The van der Waals surface area contributed by atoms with Crippen LogP contribution in [0.15, 0.2) is 24.3 Å². The summed E-state index contributed by atoms with van der Waals surface area (Å²) in [5.74, 6) is -0.144. The first-order valence-electron chi connectivity index (χ1n) is 8.69. The predicted octanol–water partition coefficient (Wildman–Crippen LogP) is 1.25. The maximum absolute atomic E-state index is 12.2. The van der Waals surface area contributed by atoms with Gasteiger partial charge in [-0.25, -0.2) is 4.79 Å². The topological polar surface area (TPSA) is 90.5 Å². The van der Waals surface area contributed by atoms with Crippen molar-refractivity contribution in [3.05, 3.63) is 35.4 Å². The molecular formula is C18H26N4O3. The number of carbonyl (C=O) groups is 3. The number of nitrogens with one attached hydrogen (secondary N) is 3. The molecule has 1 atom stereocenters. The second-order valence-corrected chi connectivity index (χ2v) is 6.23. The van der Waals surface area contributed by atoms with Crippen LogP contribution in [-0.2, 0) is 11.3 Å². The molecule has 0 bridgehead atoms. The maximum Gasteiger partial charge on any atom is 0.317 e. The number of rotatable bonds is 5. The molecule has 1 aromatic rings. The summed E-state index contributed by atoms with van der Waals surface area (Å²) in [6, 6.07) is 7.14. The van der Waals surface area contributed by atoms with Crippen LogP contribution in [0.1, 0.15) is 42.6 Å². The Morgan fingerprint density at radius 2 is 2.12 bits per heavy atom. The van der Waals surface area contributed by atoms with Crippen molar-refractivity contribution >= 4 is 17.8 Å². The van der Waals surface area contributed by atoms with Crippen molar-refractivity contribution in [3.8, 4) is 0 Å². The molecule has 0 aliphatic carbocycles. The Morgan fingerprint density at radius 3 is 2.88 bits per heavy atom. The van der Waals surface area contributed by atoms with Crippen LogP contribution in [0.5, 0.6) is 0 Å². The van der Waals surface area contributed by atoms with Crippen molar-refractivity contribution < 1.29 is 14.4 Å². The summed E-state index contributed by atoms with van der Waals surface area (Å²) >= 11 is 0. The van der Waals surface area contributed by atoms with Crippen LogP contribution in [0.25, 0.3) is 0 Å². The molecule has 25 heavy (non-hydrogen) atoms. The molecule has 1 aliphatic heterocycles. The van der Waals surface area contributed by atoms with Gasteiger partial charge in [0.05, 0.1) is 0 Å². The Labute approximate surface area is 148 Å². The summed E-state index contributed by atoms with van der Waals surface area (Å²) in [6.45, 7) is 5.69. The number of amides is 4. The third kappa shape index (κ3) is 5.77. The van der Waals surface area contributed by atoms with Gasteiger partial charge >= 0.3 is 6.03 Å². The first-order chi connectivity index (χ1) is 12.0. The van der Waals surface area contributed by atoms with Crippen molar-refractivity contribution in [2.24, 2.45) is 0 Å². The predicted molar refractivity (Wildman–Crippen MR) is 95.1 cm³/mol. The number of hydrogen-bond donors (Lipinski definition) is 3. The standard InChI is InChI=1S/C18H26N4O3/c1-3-13(2)21-17(24)15-6-4-5-14(11-15)12-20-18(25)22-9-7-16(23)19-8-10-22/h4-6,11,13H,3,7-10,12H2,1-2H3,(H,19,23)(H,20,25)(H,21,24)/t13-/m0/s1. The van der Waals surface area contributed by atoms with E-state index < -0.39 is 0 Å². The van der Waals surface area contributed by atoms with E-state index in [-0.39, 0.29) is 23.9 Å². The molecule has 4 amide bonds. The van der Waals surface area contributed by atoms with Crippen molar-refractivity contribution in [1.82, 2.24) is 20.9 Å². The Morgan fingerprint density at radius 1 is 1.32 bits per heavy atom. The van der Waals surface area contributed by atoms with Gasteiger partial charge in [0.25, 0.3) is 5.91 Å². The van der Waals surface area contributed by atoms with Crippen molar-refractivity contribution in [3.63, 3.8) is 0 Å². The van der Waals surface area contributed by atoms with Gasteiger partial charge in [-0.3, -0.25) is 9.59 Å². The van der Waals surface area contributed by atoms with E-state index in [4.69, 9.17) is 0 Å². The average Bonchev–Trinajstić information content (AvgIpc) is 2.84. The lowest BCUT2D eigenvalue weighted by molar-refractivity contribution is -0.120. The summed E-state index contributed by atoms with van der Waals surface area (Å²) in [5, 5.41) is 8.51. The monoisotopic (exact) mass is 346 g/mol. The number of hydrogen-bond acceptors (Lipinski definition) is 3. The van der Waals surface area contributed by atoms with E-state index in [9.17, 15) is 14.4 Å². The number of urea groups is 1. The minimum Gasteiger partial charge on any atom is -0.354 e. The highest BCUT2D eigenvalue weighted by Crippen LogP contribution is 2.07. The number of carbonyl (C=O) groups excluding carboxylic acids is 3. The van der Waals surface area contributed by atoms with E-state index in [1.54, 1.807) is 17.0 Å². The molecule has 0 aromatic heterocycles. The minimum absolute atomic E-state index is 0.0321. The quantitative estimate of drug-likeness (QED) is 0.749. The van der Waals surface area contributed by atoms with Crippen LogP contribution in [0.2, 0.25) is 0 Å². The van der Waals surface area contributed by atoms with E-state index in [0.717, 1.165) is 12.0 Å². The minimum atomic E-state index is -0.203. The first-order valence-corrected chi connectivity index (χ1v) is 8.69. The van der Waals surface area contributed by atoms with Gasteiger partial charge in [-0.2, -0.15) is 0 Å².